The molecule has 1 heterocycles. The van der Waals surface area contributed by atoms with Gasteiger partial charge in [0.05, 0.1) is 12.2 Å². The molecular formula is C12H24BrNO. The molecule has 2 nitrogen and oxygen atoms in total. The highest BCUT2D eigenvalue weighted by molar-refractivity contribution is 9.09. The first-order valence-corrected chi connectivity index (χ1v) is 6.96. The van der Waals surface area contributed by atoms with E-state index in [0.717, 1.165) is 18.4 Å². The van der Waals surface area contributed by atoms with Crippen molar-refractivity contribution in [2.75, 3.05) is 25.0 Å². The number of hydrogen-bond donors (Lipinski definition) is 0. The first-order chi connectivity index (χ1) is 6.90. The topological polar surface area (TPSA) is 12.5 Å². The first kappa shape index (κ1) is 13.5. The van der Waals surface area contributed by atoms with Crippen LogP contribution >= 0.6 is 15.9 Å². The van der Waals surface area contributed by atoms with Gasteiger partial charge in [-0.1, -0.05) is 36.7 Å². The molecule has 0 spiro atoms. The van der Waals surface area contributed by atoms with Gasteiger partial charge in [-0.15, -0.1) is 0 Å². The van der Waals surface area contributed by atoms with Gasteiger partial charge in [-0.3, -0.25) is 4.90 Å². The maximum absolute atomic E-state index is 5.81. The summed E-state index contributed by atoms with van der Waals surface area (Å²) in [7, 11) is 0. The maximum Gasteiger partial charge on any atom is 0.0802 e. The van der Waals surface area contributed by atoms with E-state index in [2.05, 4.69) is 48.5 Å². The molecule has 0 amide bonds. The molecule has 1 rings (SSSR count). The zero-order valence-electron chi connectivity index (χ0n) is 10.4. The summed E-state index contributed by atoms with van der Waals surface area (Å²) in [4.78, 5) is 2.53. The third kappa shape index (κ3) is 5.32. The highest BCUT2D eigenvalue weighted by atomic mass is 79.9. The number of rotatable bonds is 3. The monoisotopic (exact) mass is 277 g/mol. The van der Waals surface area contributed by atoms with E-state index in [0.29, 0.717) is 17.6 Å². The van der Waals surface area contributed by atoms with Crippen molar-refractivity contribution >= 4 is 15.9 Å². The van der Waals surface area contributed by atoms with Crippen LogP contribution in [-0.4, -0.2) is 42.1 Å². The van der Waals surface area contributed by atoms with Crippen molar-refractivity contribution in [2.24, 2.45) is 5.41 Å². The Bertz CT molecular complexity index is 191. The number of nitrogens with zero attached hydrogens (tertiary/aromatic N) is 1. The van der Waals surface area contributed by atoms with Crippen molar-refractivity contribution < 1.29 is 4.74 Å². The zero-order chi connectivity index (χ0) is 11.5. The van der Waals surface area contributed by atoms with Crippen LogP contribution in [0.2, 0.25) is 0 Å². The van der Waals surface area contributed by atoms with E-state index in [9.17, 15) is 0 Å². The van der Waals surface area contributed by atoms with Gasteiger partial charge in [-0.2, -0.15) is 0 Å². The lowest BCUT2D eigenvalue weighted by Gasteiger charge is -2.37. The van der Waals surface area contributed by atoms with Gasteiger partial charge in [0.15, 0.2) is 0 Å². The normalized spacial score (nSPS) is 29.4. The van der Waals surface area contributed by atoms with E-state index < -0.39 is 0 Å². The van der Waals surface area contributed by atoms with Crippen molar-refractivity contribution in [1.82, 2.24) is 4.90 Å². The molecule has 2 unspecified atom stereocenters. The van der Waals surface area contributed by atoms with Crippen LogP contribution in [-0.2, 0) is 4.74 Å². The van der Waals surface area contributed by atoms with E-state index in [1.165, 1.54) is 13.0 Å². The standard InChI is InChI=1S/C12H24BrNO/c1-10-8-14(6-5-12(2,3)4)9-11(7-13)15-10/h10-11H,5-9H2,1-4H3. The Morgan fingerprint density at radius 1 is 1.33 bits per heavy atom. The van der Waals surface area contributed by atoms with Gasteiger partial charge in [0.25, 0.3) is 0 Å². The minimum atomic E-state index is 0.369. The molecule has 0 aromatic carbocycles. The maximum atomic E-state index is 5.81. The first-order valence-electron chi connectivity index (χ1n) is 5.84. The van der Waals surface area contributed by atoms with Crippen molar-refractivity contribution in [3.05, 3.63) is 0 Å². The van der Waals surface area contributed by atoms with Gasteiger partial charge in [-0.25, -0.2) is 0 Å². The molecule has 90 valence electrons. The lowest BCUT2D eigenvalue weighted by molar-refractivity contribution is -0.0670. The van der Waals surface area contributed by atoms with E-state index in [-0.39, 0.29) is 0 Å². The second-order valence-electron chi connectivity index (χ2n) is 5.79. The van der Waals surface area contributed by atoms with Crippen LogP contribution in [0.4, 0.5) is 0 Å². The summed E-state index contributed by atoms with van der Waals surface area (Å²) < 4.78 is 5.81. The largest absolute Gasteiger partial charge is 0.372 e. The van der Waals surface area contributed by atoms with Crippen LogP contribution in [0, 0.1) is 5.41 Å². The fourth-order valence-electron chi connectivity index (χ4n) is 1.90. The molecule has 0 N–H and O–H groups in total. The van der Waals surface area contributed by atoms with Crippen molar-refractivity contribution in [2.45, 2.75) is 46.3 Å². The average molecular weight is 278 g/mol. The van der Waals surface area contributed by atoms with Gasteiger partial charge in [0.2, 0.25) is 0 Å². The molecule has 1 aliphatic rings. The molecule has 15 heavy (non-hydrogen) atoms. The minimum absolute atomic E-state index is 0.369. The number of alkyl halides is 1. The molecular weight excluding hydrogens is 254 g/mol. The van der Waals surface area contributed by atoms with Crippen LogP contribution in [0.15, 0.2) is 0 Å². The van der Waals surface area contributed by atoms with E-state index >= 15 is 0 Å². The Labute approximate surface area is 102 Å². The van der Waals surface area contributed by atoms with Crippen LogP contribution in [0.5, 0.6) is 0 Å². The lowest BCUT2D eigenvalue weighted by atomic mass is 9.92. The van der Waals surface area contributed by atoms with Gasteiger partial charge < -0.3 is 4.74 Å². The SMILES string of the molecule is CC1CN(CCC(C)(C)C)CC(CBr)O1. The van der Waals surface area contributed by atoms with Crippen molar-refractivity contribution in [3.63, 3.8) is 0 Å². The second-order valence-corrected chi connectivity index (χ2v) is 6.44. The molecule has 1 aliphatic heterocycles. The highest BCUT2D eigenvalue weighted by Crippen LogP contribution is 2.21. The van der Waals surface area contributed by atoms with E-state index in [4.69, 9.17) is 4.74 Å². The van der Waals surface area contributed by atoms with E-state index in [1.54, 1.807) is 0 Å². The Morgan fingerprint density at radius 3 is 2.53 bits per heavy atom. The van der Waals surface area contributed by atoms with Crippen molar-refractivity contribution in [1.29, 1.82) is 0 Å². The lowest BCUT2D eigenvalue weighted by Crippen LogP contribution is -2.47. The molecule has 0 aromatic rings. The van der Waals surface area contributed by atoms with Gasteiger partial charge >= 0.3 is 0 Å². The van der Waals surface area contributed by atoms with Gasteiger partial charge in [0, 0.05) is 18.4 Å². The number of ether oxygens (including phenoxy) is 1. The molecule has 3 heteroatoms. The molecule has 0 radical (unpaired) electrons. The Hall–Kier alpha value is 0.400. The van der Waals surface area contributed by atoms with Crippen molar-refractivity contribution in [3.8, 4) is 0 Å². The molecule has 0 aliphatic carbocycles. The highest BCUT2D eigenvalue weighted by Gasteiger charge is 2.25. The summed E-state index contributed by atoms with van der Waals surface area (Å²) in [6.45, 7) is 12.4. The molecule has 0 bridgehead atoms. The smallest absolute Gasteiger partial charge is 0.0802 e. The number of hydrogen-bond acceptors (Lipinski definition) is 2. The van der Waals surface area contributed by atoms with Crippen LogP contribution in [0.3, 0.4) is 0 Å². The average Bonchev–Trinajstić information content (AvgIpc) is 2.13. The fraction of sp³-hybridized carbons (Fsp3) is 1.00. The van der Waals surface area contributed by atoms with Gasteiger partial charge in [0.1, 0.15) is 0 Å². The summed E-state index contributed by atoms with van der Waals surface area (Å²) >= 11 is 3.50. The zero-order valence-corrected chi connectivity index (χ0v) is 12.0. The Balaban J connectivity index is 2.35. The summed E-state index contributed by atoms with van der Waals surface area (Å²) in [5.41, 5.74) is 0.436. The van der Waals surface area contributed by atoms with Gasteiger partial charge in [-0.05, 0) is 25.3 Å². The Kier molecular flexibility index (Phi) is 5.07. The summed E-state index contributed by atoms with van der Waals surface area (Å²) in [5, 5.41) is 0.948. The minimum Gasteiger partial charge on any atom is -0.372 e. The fourth-order valence-corrected chi connectivity index (χ4v) is 2.26. The summed E-state index contributed by atoms with van der Waals surface area (Å²) in [6.07, 6.45) is 2.00. The summed E-state index contributed by atoms with van der Waals surface area (Å²) in [6, 6.07) is 0. The van der Waals surface area contributed by atoms with Crippen LogP contribution < -0.4 is 0 Å². The Morgan fingerprint density at radius 2 is 2.00 bits per heavy atom. The van der Waals surface area contributed by atoms with Crippen LogP contribution in [0.25, 0.3) is 0 Å². The third-order valence-corrected chi connectivity index (χ3v) is 3.47. The predicted molar refractivity (Wildman–Crippen MR) is 68.6 cm³/mol. The predicted octanol–water partition coefficient (Wildman–Crippen LogP) is 2.91. The molecule has 2 atom stereocenters. The second kappa shape index (κ2) is 5.65. The number of halogens is 1. The summed E-state index contributed by atoms with van der Waals surface area (Å²) in [5.74, 6) is 0. The quantitative estimate of drug-likeness (QED) is 0.736. The van der Waals surface area contributed by atoms with E-state index in [1.807, 2.05) is 0 Å². The molecule has 0 saturated carbocycles. The van der Waals surface area contributed by atoms with Crippen LogP contribution in [0.1, 0.15) is 34.1 Å². The molecule has 1 saturated heterocycles. The molecule has 0 aromatic heterocycles. The number of morpholine rings is 1. The molecule has 1 fully saturated rings. The third-order valence-electron chi connectivity index (χ3n) is 2.75.